The van der Waals surface area contributed by atoms with Gasteiger partial charge in [-0.2, -0.15) is 0 Å². The van der Waals surface area contributed by atoms with Crippen LogP contribution in [0.3, 0.4) is 0 Å². The largest absolute Gasteiger partial charge is 0.0753 e. The lowest BCUT2D eigenvalue weighted by Gasteiger charge is -2.26. The van der Waals surface area contributed by atoms with E-state index < -0.39 is 0 Å². The van der Waals surface area contributed by atoms with E-state index in [0.717, 1.165) is 0 Å². The molecule has 0 aliphatic carbocycles. The fraction of sp³-hybridized carbons (Fsp3) is 0.200. The topological polar surface area (TPSA) is 0 Å². The first kappa shape index (κ1) is 10.1. The maximum Gasteiger partial charge on any atom is -0.0184 e. The monoisotopic (exact) mass is 226 g/mol. The Morgan fingerprint density at radius 1 is 0.688 bits per heavy atom. The van der Waals surface area contributed by atoms with Crippen molar-refractivity contribution in [2.24, 2.45) is 0 Å². The molecule has 1 heteroatoms. The van der Waals surface area contributed by atoms with E-state index in [2.05, 4.69) is 54.6 Å². The number of rotatable bonds is 2. The van der Waals surface area contributed by atoms with Crippen LogP contribution in [0.15, 0.2) is 54.6 Å². The first-order valence-electron chi connectivity index (χ1n) is 5.84. The van der Waals surface area contributed by atoms with Crippen molar-refractivity contribution >= 4 is 13.2 Å². The molecule has 0 bridgehead atoms. The zero-order valence-electron chi connectivity index (χ0n) is 9.26. The Morgan fingerprint density at radius 3 is 1.88 bits per heavy atom. The maximum absolute atomic E-state index is 2.33. The summed E-state index contributed by atoms with van der Waals surface area (Å²) in [5.41, 5.74) is 2.65. The minimum atomic E-state index is 0.226. The van der Waals surface area contributed by atoms with E-state index in [1.807, 2.05) is 0 Å². The molecule has 0 saturated carbocycles. The Balaban J connectivity index is 1.87. The van der Waals surface area contributed by atoms with Crippen LogP contribution in [0.1, 0.15) is 6.42 Å². The summed E-state index contributed by atoms with van der Waals surface area (Å²) in [6, 6.07) is 19.8. The fourth-order valence-electron chi connectivity index (χ4n) is 2.07. The first-order valence-corrected chi connectivity index (χ1v) is 7.55. The lowest BCUT2D eigenvalue weighted by molar-refractivity contribution is 1.03. The van der Waals surface area contributed by atoms with Crippen molar-refractivity contribution in [3.63, 3.8) is 0 Å². The van der Waals surface area contributed by atoms with E-state index in [4.69, 9.17) is 0 Å². The van der Waals surface area contributed by atoms with Crippen LogP contribution in [0.2, 0.25) is 0 Å². The second-order valence-corrected chi connectivity index (χ2v) is 6.74. The summed E-state index contributed by atoms with van der Waals surface area (Å²) in [5, 5.41) is 1.58. The van der Waals surface area contributed by atoms with Crippen LogP contribution >= 0.6 is 7.92 Å². The van der Waals surface area contributed by atoms with Gasteiger partial charge < -0.3 is 0 Å². The summed E-state index contributed by atoms with van der Waals surface area (Å²) in [7, 11) is 0.226. The molecule has 80 valence electrons. The third-order valence-corrected chi connectivity index (χ3v) is 5.94. The lowest BCUT2D eigenvalue weighted by atomic mass is 10.1. The normalized spacial score (nSPS) is 15.8. The van der Waals surface area contributed by atoms with Gasteiger partial charge in [0.15, 0.2) is 0 Å². The molecule has 1 fully saturated rings. The molecule has 2 aromatic carbocycles. The molecule has 2 aromatic rings. The first-order chi connectivity index (χ1) is 7.93. The third kappa shape index (κ3) is 1.90. The molecule has 1 heterocycles. The summed E-state index contributed by atoms with van der Waals surface area (Å²) in [6.07, 6.45) is 4.33. The SMILES string of the molecule is c1ccc(-c2ccc(P3CCC3)cc2)cc1. The highest BCUT2D eigenvalue weighted by atomic mass is 31.1. The Labute approximate surface area is 98.1 Å². The van der Waals surface area contributed by atoms with Gasteiger partial charge in [0.2, 0.25) is 0 Å². The van der Waals surface area contributed by atoms with Crippen molar-refractivity contribution in [2.45, 2.75) is 6.42 Å². The van der Waals surface area contributed by atoms with Crippen LogP contribution in [0.4, 0.5) is 0 Å². The van der Waals surface area contributed by atoms with Crippen molar-refractivity contribution in [1.29, 1.82) is 0 Å². The predicted octanol–water partition coefficient (Wildman–Crippen LogP) is 3.86. The highest BCUT2D eigenvalue weighted by molar-refractivity contribution is 7.67. The van der Waals surface area contributed by atoms with Gasteiger partial charge in [0, 0.05) is 0 Å². The maximum atomic E-state index is 2.33. The van der Waals surface area contributed by atoms with Crippen LogP contribution in [0.25, 0.3) is 11.1 Å². The summed E-state index contributed by atoms with van der Waals surface area (Å²) in [4.78, 5) is 0. The molecule has 0 N–H and O–H groups in total. The van der Waals surface area contributed by atoms with Crippen LogP contribution < -0.4 is 5.30 Å². The van der Waals surface area contributed by atoms with Crippen molar-refractivity contribution < 1.29 is 0 Å². The Kier molecular flexibility index (Phi) is 2.76. The van der Waals surface area contributed by atoms with Crippen molar-refractivity contribution in [2.75, 3.05) is 12.3 Å². The molecule has 16 heavy (non-hydrogen) atoms. The summed E-state index contributed by atoms with van der Waals surface area (Å²) in [5.74, 6) is 0. The van der Waals surface area contributed by atoms with Crippen LogP contribution in [0, 0.1) is 0 Å². The Bertz CT molecular complexity index is 455. The number of hydrogen-bond acceptors (Lipinski definition) is 0. The molecule has 0 atom stereocenters. The quantitative estimate of drug-likeness (QED) is 0.682. The lowest BCUT2D eigenvalue weighted by Crippen LogP contribution is -2.14. The molecule has 1 saturated heterocycles. The van der Waals surface area contributed by atoms with E-state index >= 15 is 0 Å². The molecule has 3 rings (SSSR count). The van der Waals surface area contributed by atoms with E-state index in [1.165, 1.54) is 29.9 Å². The van der Waals surface area contributed by atoms with Gasteiger partial charge in [-0.3, -0.25) is 0 Å². The van der Waals surface area contributed by atoms with Gasteiger partial charge in [-0.25, -0.2) is 0 Å². The van der Waals surface area contributed by atoms with Gasteiger partial charge in [0.25, 0.3) is 0 Å². The molecule has 0 aromatic heterocycles. The van der Waals surface area contributed by atoms with Gasteiger partial charge in [-0.1, -0.05) is 62.5 Å². The highest BCUT2D eigenvalue weighted by Gasteiger charge is 2.18. The van der Waals surface area contributed by atoms with Crippen molar-refractivity contribution in [1.82, 2.24) is 0 Å². The molecule has 0 spiro atoms. The summed E-state index contributed by atoms with van der Waals surface area (Å²) >= 11 is 0. The fourth-order valence-corrected chi connectivity index (χ4v) is 3.79. The Morgan fingerprint density at radius 2 is 1.31 bits per heavy atom. The van der Waals surface area contributed by atoms with E-state index in [1.54, 1.807) is 5.30 Å². The van der Waals surface area contributed by atoms with Crippen molar-refractivity contribution in [3.05, 3.63) is 54.6 Å². The van der Waals surface area contributed by atoms with E-state index in [0.29, 0.717) is 0 Å². The van der Waals surface area contributed by atoms with Gasteiger partial charge in [0.1, 0.15) is 0 Å². The molecule has 0 nitrogen and oxygen atoms in total. The average molecular weight is 226 g/mol. The van der Waals surface area contributed by atoms with Gasteiger partial charge in [-0.15, -0.1) is 0 Å². The highest BCUT2D eigenvalue weighted by Crippen LogP contribution is 2.44. The van der Waals surface area contributed by atoms with Gasteiger partial charge in [0.05, 0.1) is 0 Å². The van der Waals surface area contributed by atoms with Crippen LogP contribution in [0.5, 0.6) is 0 Å². The van der Waals surface area contributed by atoms with Gasteiger partial charge >= 0.3 is 0 Å². The molecule has 1 aliphatic rings. The summed E-state index contributed by atoms with van der Waals surface area (Å²) in [6.45, 7) is 0. The molecule has 0 radical (unpaired) electrons. The molecular formula is C15H15P. The second-order valence-electron chi connectivity index (χ2n) is 4.25. The third-order valence-electron chi connectivity index (χ3n) is 3.20. The van der Waals surface area contributed by atoms with Crippen LogP contribution in [-0.2, 0) is 0 Å². The number of hydrogen-bond donors (Lipinski definition) is 0. The van der Waals surface area contributed by atoms with E-state index in [-0.39, 0.29) is 7.92 Å². The Hall–Kier alpha value is -1.13. The predicted molar refractivity (Wildman–Crippen MR) is 72.8 cm³/mol. The average Bonchev–Trinajstić information content (AvgIpc) is 2.29. The minimum Gasteiger partial charge on any atom is -0.0753 e. The molecule has 0 unspecified atom stereocenters. The van der Waals surface area contributed by atoms with Crippen LogP contribution in [-0.4, -0.2) is 12.3 Å². The smallest absolute Gasteiger partial charge is 0.0184 e. The molecular weight excluding hydrogens is 211 g/mol. The summed E-state index contributed by atoms with van der Waals surface area (Å²) < 4.78 is 0. The van der Waals surface area contributed by atoms with E-state index in [9.17, 15) is 0 Å². The molecule has 0 amide bonds. The zero-order valence-corrected chi connectivity index (χ0v) is 10.2. The second kappa shape index (κ2) is 4.39. The van der Waals surface area contributed by atoms with Gasteiger partial charge in [-0.05, 0) is 35.2 Å². The molecule has 1 aliphatic heterocycles. The number of benzene rings is 2. The standard InChI is InChI=1S/C15H15P/c1-2-5-13(6-3-1)14-7-9-15(10-8-14)16-11-4-12-16/h1-3,5-10H,4,11-12H2. The zero-order chi connectivity index (χ0) is 10.8. The van der Waals surface area contributed by atoms with Crippen molar-refractivity contribution in [3.8, 4) is 11.1 Å². The minimum absolute atomic E-state index is 0.226.